The lowest BCUT2D eigenvalue weighted by Crippen LogP contribution is -2.41. The van der Waals surface area contributed by atoms with Gasteiger partial charge >= 0.3 is 0 Å². The Labute approximate surface area is 186 Å². The largest absolute Gasteiger partial charge is 0.326 e. The fraction of sp³-hybridized carbons (Fsp3) is 0.364. The van der Waals surface area contributed by atoms with Gasteiger partial charge in [0.25, 0.3) is 0 Å². The standard InChI is InChI=1S/C22H25N3O4S2/c1-14-9-15(2)11-17(10-14)23-22(27)16-5-7-25(8-6-16)31(28,29)18-3-4-20-19(12-18)24-21(26)13-30-20/h3-4,9-12,16H,5-8,13H2,1-2H3,(H,23,27)(H,24,26). The van der Waals surface area contributed by atoms with Crippen LogP contribution in [-0.2, 0) is 19.6 Å². The van der Waals surface area contributed by atoms with E-state index in [1.807, 2.05) is 32.0 Å². The number of thioether (sulfide) groups is 1. The number of amides is 2. The Bertz CT molecular complexity index is 1120. The normalized spacial score (nSPS) is 17.7. The molecule has 7 nitrogen and oxygen atoms in total. The highest BCUT2D eigenvalue weighted by molar-refractivity contribution is 8.00. The molecule has 0 saturated carbocycles. The molecule has 1 saturated heterocycles. The third-order valence-electron chi connectivity index (χ3n) is 5.54. The van der Waals surface area contributed by atoms with Crippen LogP contribution in [0.2, 0.25) is 0 Å². The Morgan fingerprint density at radius 2 is 1.77 bits per heavy atom. The molecule has 0 spiro atoms. The number of nitrogens with one attached hydrogen (secondary N) is 2. The number of sulfonamides is 1. The third kappa shape index (κ3) is 4.78. The summed E-state index contributed by atoms with van der Waals surface area (Å²) < 4.78 is 27.6. The van der Waals surface area contributed by atoms with Crippen molar-refractivity contribution in [1.29, 1.82) is 0 Å². The van der Waals surface area contributed by atoms with Crippen molar-refractivity contribution in [1.82, 2.24) is 4.31 Å². The van der Waals surface area contributed by atoms with E-state index in [4.69, 9.17) is 0 Å². The van der Waals surface area contributed by atoms with E-state index in [1.165, 1.54) is 22.1 Å². The maximum absolute atomic E-state index is 13.1. The van der Waals surface area contributed by atoms with Gasteiger partial charge in [0.1, 0.15) is 0 Å². The maximum atomic E-state index is 13.1. The van der Waals surface area contributed by atoms with E-state index in [2.05, 4.69) is 10.6 Å². The smallest absolute Gasteiger partial charge is 0.243 e. The summed E-state index contributed by atoms with van der Waals surface area (Å²) in [5.41, 5.74) is 3.46. The zero-order valence-corrected chi connectivity index (χ0v) is 19.1. The molecule has 0 aliphatic carbocycles. The van der Waals surface area contributed by atoms with Gasteiger partial charge in [-0.15, -0.1) is 11.8 Å². The summed E-state index contributed by atoms with van der Waals surface area (Å²) in [6.45, 7) is 4.53. The van der Waals surface area contributed by atoms with Crippen LogP contribution in [0.4, 0.5) is 11.4 Å². The number of piperidine rings is 1. The fourth-order valence-electron chi connectivity index (χ4n) is 4.02. The zero-order chi connectivity index (χ0) is 22.2. The first-order valence-corrected chi connectivity index (χ1v) is 12.6. The van der Waals surface area contributed by atoms with Gasteiger partial charge in [0, 0.05) is 29.6 Å². The highest BCUT2D eigenvalue weighted by Crippen LogP contribution is 2.34. The highest BCUT2D eigenvalue weighted by atomic mass is 32.2. The van der Waals surface area contributed by atoms with Gasteiger partial charge in [-0.05, 0) is 68.1 Å². The van der Waals surface area contributed by atoms with Gasteiger partial charge < -0.3 is 10.6 Å². The van der Waals surface area contributed by atoms with E-state index in [0.29, 0.717) is 24.3 Å². The molecule has 0 bridgehead atoms. The molecule has 0 unspecified atom stereocenters. The average molecular weight is 460 g/mol. The van der Waals surface area contributed by atoms with Crippen molar-refractivity contribution in [2.45, 2.75) is 36.5 Å². The Morgan fingerprint density at radius 3 is 2.45 bits per heavy atom. The van der Waals surface area contributed by atoms with Gasteiger partial charge in [-0.2, -0.15) is 4.31 Å². The van der Waals surface area contributed by atoms with E-state index in [1.54, 1.807) is 12.1 Å². The van der Waals surface area contributed by atoms with E-state index < -0.39 is 10.0 Å². The van der Waals surface area contributed by atoms with Crippen LogP contribution in [0.25, 0.3) is 0 Å². The molecule has 2 aromatic carbocycles. The van der Waals surface area contributed by atoms with Crippen LogP contribution in [0.3, 0.4) is 0 Å². The van der Waals surface area contributed by atoms with E-state index in [-0.39, 0.29) is 35.7 Å². The van der Waals surface area contributed by atoms with Crippen molar-refractivity contribution in [2.24, 2.45) is 5.92 Å². The molecule has 2 N–H and O–H groups in total. The lowest BCUT2D eigenvalue weighted by atomic mass is 9.97. The van der Waals surface area contributed by atoms with E-state index >= 15 is 0 Å². The molecule has 9 heteroatoms. The number of rotatable bonds is 4. The molecular weight excluding hydrogens is 434 g/mol. The highest BCUT2D eigenvalue weighted by Gasteiger charge is 2.33. The van der Waals surface area contributed by atoms with Crippen molar-refractivity contribution in [3.05, 3.63) is 47.5 Å². The molecule has 31 heavy (non-hydrogen) atoms. The summed E-state index contributed by atoms with van der Waals surface area (Å²) in [5, 5.41) is 5.70. The topological polar surface area (TPSA) is 95.6 Å². The maximum Gasteiger partial charge on any atom is 0.243 e. The first-order valence-electron chi connectivity index (χ1n) is 10.2. The predicted molar refractivity (Wildman–Crippen MR) is 122 cm³/mol. The Morgan fingerprint density at radius 1 is 1.10 bits per heavy atom. The van der Waals surface area contributed by atoms with Crippen LogP contribution in [0.1, 0.15) is 24.0 Å². The summed E-state index contributed by atoms with van der Waals surface area (Å²) in [6.07, 6.45) is 0.931. The van der Waals surface area contributed by atoms with Crippen LogP contribution in [-0.4, -0.2) is 43.4 Å². The van der Waals surface area contributed by atoms with Crippen LogP contribution in [0, 0.1) is 19.8 Å². The lowest BCUT2D eigenvalue weighted by Gasteiger charge is -2.31. The molecular formula is C22H25N3O4S2. The van der Waals surface area contributed by atoms with Crippen molar-refractivity contribution in [3.63, 3.8) is 0 Å². The van der Waals surface area contributed by atoms with Crippen LogP contribution >= 0.6 is 11.8 Å². The summed E-state index contributed by atoms with van der Waals surface area (Å²) in [5.74, 6) is -0.110. The molecule has 0 atom stereocenters. The SMILES string of the molecule is Cc1cc(C)cc(NC(=O)C2CCN(S(=O)(=O)c3ccc4c(c3)NC(=O)CS4)CC2)c1. The quantitative estimate of drug-likeness (QED) is 0.731. The third-order valence-corrected chi connectivity index (χ3v) is 8.50. The monoisotopic (exact) mass is 459 g/mol. The molecule has 0 aromatic heterocycles. The number of fused-ring (bicyclic) bond motifs is 1. The average Bonchev–Trinajstić information content (AvgIpc) is 2.72. The minimum Gasteiger partial charge on any atom is -0.326 e. The van der Waals surface area contributed by atoms with Crippen LogP contribution in [0.15, 0.2) is 46.2 Å². The summed E-state index contributed by atoms with van der Waals surface area (Å²) >= 11 is 1.39. The van der Waals surface area contributed by atoms with Crippen LogP contribution < -0.4 is 10.6 Å². The van der Waals surface area contributed by atoms with Crippen molar-refractivity contribution in [2.75, 3.05) is 29.5 Å². The number of hydrogen-bond donors (Lipinski definition) is 2. The van der Waals surface area contributed by atoms with Gasteiger partial charge in [-0.1, -0.05) is 6.07 Å². The second kappa shape index (κ2) is 8.64. The molecule has 2 amide bonds. The summed E-state index contributed by atoms with van der Waals surface area (Å²) in [7, 11) is -3.69. The molecule has 1 fully saturated rings. The minimum absolute atomic E-state index is 0.0736. The molecule has 2 aliphatic rings. The number of carbonyl (C=O) groups excluding carboxylic acids is 2. The minimum atomic E-state index is -3.69. The predicted octanol–water partition coefficient (Wildman–Crippen LogP) is 3.39. The Kier molecular flexibility index (Phi) is 6.09. The molecule has 2 heterocycles. The second-order valence-corrected chi connectivity index (χ2v) is 11.0. The molecule has 164 valence electrons. The number of nitrogens with zero attached hydrogens (tertiary/aromatic N) is 1. The first kappa shape index (κ1) is 21.9. The number of anilines is 2. The zero-order valence-electron chi connectivity index (χ0n) is 17.5. The van der Waals surface area contributed by atoms with Crippen LogP contribution in [0.5, 0.6) is 0 Å². The second-order valence-electron chi connectivity index (χ2n) is 8.04. The lowest BCUT2D eigenvalue weighted by molar-refractivity contribution is -0.121. The number of hydrogen-bond acceptors (Lipinski definition) is 5. The van der Waals surface area contributed by atoms with E-state index in [0.717, 1.165) is 21.7 Å². The Hall–Kier alpha value is -2.36. The van der Waals surface area contributed by atoms with Gasteiger partial charge in [0.2, 0.25) is 21.8 Å². The van der Waals surface area contributed by atoms with E-state index in [9.17, 15) is 18.0 Å². The van der Waals surface area contributed by atoms with Gasteiger partial charge in [0.15, 0.2) is 0 Å². The van der Waals surface area contributed by atoms with Crippen molar-refractivity contribution in [3.8, 4) is 0 Å². The van der Waals surface area contributed by atoms with Gasteiger partial charge in [0.05, 0.1) is 16.3 Å². The van der Waals surface area contributed by atoms with Gasteiger partial charge in [-0.25, -0.2) is 8.42 Å². The molecule has 2 aliphatic heterocycles. The number of carbonyl (C=O) groups is 2. The molecule has 2 aromatic rings. The summed E-state index contributed by atoms with van der Waals surface area (Å²) in [4.78, 5) is 25.3. The first-order chi connectivity index (χ1) is 14.7. The number of benzene rings is 2. The van der Waals surface area contributed by atoms with Gasteiger partial charge in [-0.3, -0.25) is 9.59 Å². The molecule has 0 radical (unpaired) electrons. The number of aryl methyl sites for hydroxylation is 2. The summed E-state index contributed by atoms with van der Waals surface area (Å²) in [6, 6.07) is 10.7. The Balaban J connectivity index is 1.41. The molecule has 4 rings (SSSR count). The van der Waals surface area contributed by atoms with Crippen molar-refractivity contribution < 1.29 is 18.0 Å². The fourth-order valence-corrected chi connectivity index (χ4v) is 6.31. The van der Waals surface area contributed by atoms with Crippen molar-refractivity contribution >= 4 is 45.0 Å².